The summed E-state index contributed by atoms with van der Waals surface area (Å²) in [5.41, 5.74) is 3.85. The van der Waals surface area contributed by atoms with Gasteiger partial charge < -0.3 is 4.98 Å². The van der Waals surface area contributed by atoms with Gasteiger partial charge in [0.05, 0.1) is 11.0 Å². The number of hydrogen-bond acceptors (Lipinski definition) is 1. The fourth-order valence-corrected chi connectivity index (χ4v) is 2.68. The van der Waals surface area contributed by atoms with E-state index in [0.29, 0.717) is 16.2 Å². The number of fused-ring (bicyclic) bond motifs is 1. The molecule has 102 valence electrons. The highest BCUT2D eigenvalue weighted by Crippen LogP contribution is 2.23. The van der Waals surface area contributed by atoms with Crippen LogP contribution in [0.5, 0.6) is 0 Å². The molecule has 1 heterocycles. The van der Waals surface area contributed by atoms with Crippen LogP contribution in [-0.2, 0) is 0 Å². The molecule has 2 nitrogen and oxygen atoms in total. The summed E-state index contributed by atoms with van der Waals surface area (Å²) in [4.78, 5) is 3.05. The minimum Gasteiger partial charge on any atom is -0.330 e. The van der Waals surface area contributed by atoms with Gasteiger partial charge in [-0.1, -0.05) is 26.0 Å². The van der Waals surface area contributed by atoms with Gasteiger partial charge in [-0.2, -0.15) is 0 Å². The Morgan fingerprint density at radius 1 is 1.15 bits per heavy atom. The third-order valence-electron chi connectivity index (χ3n) is 3.44. The van der Waals surface area contributed by atoms with Crippen molar-refractivity contribution in [1.29, 1.82) is 0 Å². The molecule has 0 saturated carbocycles. The average molecular weight is 286 g/mol. The van der Waals surface area contributed by atoms with E-state index >= 15 is 0 Å². The zero-order valence-corrected chi connectivity index (χ0v) is 12.2. The van der Waals surface area contributed by atoms with Crippen molar-refractivity contribution >= 4 is 23.3 Å². The summed E-state index contributed by atoms with van der Waals surface area (Å²) >= 11 is 5.37. The molecule has 4 heteroatoms. The standard InChI is InChI=1S/C16H15FN2S/c1-10(2)11-4-3-5-13(8-11)19-15-7-6-12(17)9-14(15)18-16(19)20/h3-10H,1-2H3,(H,18,20). The molecule has 0 saturated heterocycles. The molecule has 0 radical (unpaired) electrons. The second kappa shape index (κ2) is 4.87. The highest BCUT2D eigenvalue weighted by Gasteiger charge is 2.08. The lowest BCUT2D eigenvalue weighted by Gasteiger charge is -2.09. The second-order valence-electron chi connectivity index (χ2n) is 5.18. The molecule has 2 aromatic carbocycles. The van der Waals surface area contributed by atoms with Crippen LogP contribution in [0.25, 0.3) is 16.7 Å². The van der Waals surface area contributed by atoms with Gasteiger partial charge >= 0.3 is 0 Å². The third kappa shape index (κ3) is 2.16. The summed E-state index contributed by atoms with van der Waals surface area (Å²) in [5.74, 6) is 0.184. The van der Waals surface area contributed by atoms with E-state index < -0.39 is 0 Å². The zero-order chi connectivity index (χ0) is 14.3. The molecule has 3 aromatic rings. The smallest absolute Gasteiger partial charge is 0.182 e. The van der Waals surface area contributed by atoms with Gasteiger partial charge in [-0.05, 0) is 54.0 Å². The van der Waals surface area contributed by atoms with E-state index in [1.165, 1.54) is 17.7 Å². The number of nitrogens with zero attached hydrogens (tertiary/aromatic N) is 1. The van der Waals surface area contributed by atoms with Crippen LogP contribution in [0.2, 0.25) is 0 Å². The van der Waals surface area contributed by atoms with Gasteiger partial charge in [0.2, 0.25) is 0 Å². The quantitative estimate of drug-likeness (QED) is 0.661. The molecule has 3 rings (SSSR count). The van der Waals surface area contributed by atoms with E-state index in [1.54, 1.807) is 6.07 Å². The number of H-pyrrole nitrogens is 1. The highest BCUT2D eigenvalue weighted by atomic mass is 32.1. The van der Waals surface area contributed by atoms with E-state index in [4.69, 9.17) is 12.2 Å². The van der Waals surface area contributed by atoms with Gasteiger partial charge in [-0.3, -0.25) is 4.57 Å². The van der Waals surface area contributed by atoms with Gasteiger partial charge in [-0.25, -0.2) is 4.39 Å². The van der Waals surface area contributed by atoms with E-state index in [2.05, 4.69) is 31.0 Å². The number of halogens is 1. The average Bonchev–Trinajstić information content (AvgIpc) is 2.73. The zero-order valence-electron chi connectivity index (χ0n) is 11.4. The number of aromatic amines is 1. The summed E-state index contributed by atoms with van der Waals surface area (Å²) in [5, 5.41) is 0. The Morgan fingerprint density at radius 2 is 1.95 bits per heavy atom. The van der Waals surface area contributed by atoms with Gasteiger partial charge in [-0.15, -0.1) is 0 Å². The molecule has 0 amide bonds. The van der Waals surface area contributed by atoms with Crippen LogP contribution in [0.15, 0.2) is 42.5 Å². The van der Waals surface area contributed by atoms with Crippen molar-refractivity contribution in [2.24, 2.45) is 0 Å². The number of rotatable bonds is 2. The van der Waals surface area contributed by atoms with Crippen LogP contribution in [-0.4, -0.2) is 9.55 Å². The molecule has 0 aliphatic carbocycles. The molecule has 0 bridgehead atoms. The van der Waals surface area contributed by atoms with Crippen LogP contribution < -0.4 is 0 Å². The van der Waals surface area contributed by atoms with Crippen molar-refractivity contribution in [2.45, 2.75) is 19.8 Å². The molecule has 0 spiro atoms. The lowest BCUT2D eigenvalue weighted by molar-refractivity contribution is 0.629. The fraction of sp³-hybridized carbons (Fsp3) is 0.188. The van der Waals surface area contributed by atoms with Crippen molar-refractivity contribution in [3.8, 4) is 5.69 Å². The lowest BCUT2D eigenvalue weighted by atomic mass is 10.0. The topological polar surface area (TPSA) is 20.7 Å². The molecule has 20 heavy (non-hydrogen) atoms. The maximum atomic E-state index is 13.3. The summed E-state index contributed by atoms with van der Waals surface area (Å²) < 4.78 is 15.8. The highest BCUT2D eigenvalue weighted by molar-refractivity contribution is 7.71. The molecule has 0 aliphatic rings. The van der Waals surface area contributed by atoms with Crippen molar-refractivity contribution in [1.82, 2.24) is 9.55 Å². The van der Waals surface area contributed by atoms with Crippen LogP contribution >= 0.6 is 12.2 Å². The minimum atomic E-state index is -0.267. The van der Waals surface area contributed by atoms with Crippen LogP contribution in [0.1, 0.15) is 25.3 Å². The molecular weight excluding hydrogens is 271 g/mol. The van der Waals surface area contributed by atoms with Crippen LogP contribution in [0.4, 0.5) is 4.39 Å². The SMILES string of the molecule is CC(C)c1cccc(-n2c(=S)[nH]c3cc(F)ccc32)c1. The third-order valence-corrected chi connectivity index (χ3v) is 3.72. The largest absolute Gasteiger partial charge is 0.330 e. The molecular formula is C16H15FN2S. The Kier molecular flexibility index (Phi) is 3.18. The molecule has 0 fully saturated rings. The van der Waals surface area contributed by atoms with Gasteiger partial charge in [0, 0.05) is 5.69 Å². The molecule has 0 atom stereocenters. The van der Waals surface area contributed by atoms with Crippen molar-refractivity contribution in [2.75, 3.05) is 0 Å². The van der Waals surface area contributed by atoms with Crippen molar-refractivity contribution in [3.05, 3.63) is 58.6 Å². The first kappa shape index (κ1) is 13.1. The maximum Gasteiger partial charge on any atom is 0.182 e. The van der Waals surface area contributed by atoms with Gasteiger partial charge in [0.25, 0.3) is 0 Å². The number of benzene rings is 2. The maximum absolute atomic E-state index is 13.3. The Balaban J connectivity index is 2.26. The molecule has 1 aromatic heterocycles. The van der Waals surface area contributed by atoms with Crippen LogP contribution in [0, 0.1) is 10.6 Å². The fourth-order valence-electron chi connectivity index (χ4n) is 2.36. The van der Waals surface area contributed by atoms with E-state index in [0.717, 1.165) is 11.2 Å². The molecule has 1 N–H and O–H groups in total. The first-order valence-corrected chi connectivity index (χ1v) is 6.97. The number of hydrogen-bond donors (Lipinski definition) is 1. The minimum absolute atomic E-state index is 0.267. The number of imidazole rings is 1. The van der Waals surface area contributed by atoms with E-state index in [9.17, 15) is 4.39 Å². The van der Waals surface area contributed by atoms with Crippen molar-refractivity contribution in [3.63, 3.8) is 0 Å². The number of aromatic nitrogens is 2. The van der Waals surface area contributed by atoms with Gasteiger partial charge in [0.1, 0.15) is 5.82 Å². The van der Waals surface area contributed by atoms with Crippen molar-refractivity contribution < 1.29 is 4.39 Å². The van der Waals surface area contributed by atoms with E-state index in [1.807, 2.05) is 16.7 Å². The Hall–Kier alpha value is -1.94. The molecule has 0 aliphatic heterocycles. The Morgan fingerprint density at radius 3 is 2.70 bits per heavy atom. The first-order chi connectivity index (χ1) is 9.56. The van der Waals surface area contributed by atoms with E-state index in [-0.39, 0.29) is 5.82 Å². The Labute approximate surface area is 121 Å². The monoisotopic (exact) mass is 286 g/mol. The predicted molar refractivity (Wildman–Crippen MR) is 82.5 cm³/mol. The number of nitrogens with one attached hydrogen (secondary N) is 1. The predicted octanol–water partition coefficient (Wildman–Crippen LogP) is 4.95. The van der Waals surface area contributed by atoms with Crippen LogP contribution in [0.3, 0.4) is 0 Å². The Bertz CT molecular complexity index is 830. The first-order valence-electron chi connectivity index (χ1n) is 6.57. The summed E-state index contributed by atoms with van der Waals surface area (Å²) in [6, 6.07) is 12.9. The summed E-state index contributed by atoms with van der Waals surface area (Å²) in [6.45, 7) is 4.31. The van der Waals surface area contributed by atoms with Gasteiger partial charge in [0.15, 0.2) is 4.77 Å². The second-order valence-corrected chi connectivity index (χ2v) is 5.56. The summed E-state index contributed by atoms with van der Waals surface area (Å²) in [6.07, 6.45) is 0. The molecule has 0 unspecified atom stereocenters. The normalized spacial score (nSPS) is 11.4. The summed E-state index contributed by atoms with van der Waals surface area (Å²) in [7, 11) is 0. The lowest BCUT2D eigenvalue weighted by Crippen LogP contribution is -1.96.